The van der Waals surface area contributed by atoms with Crippen LogP contribution in [0, 0.1) is 0 Å². The molecule has 0 unspecified atom stereocenters. The molecule has 0 saturated carbocycles. The first kappa shape index (κ1) is 10.9. The molecule has 1 nitrogen and oxygen atoms in total. The topological polar surface area (TPSA) is 17.1 Å². The molecule has 90 valence electrons. The Morgan fingerprint density at radius 1 is 0.947 bits per heavy atom. The van der Waals surface area contributed by atoms with Crippen molar-refractivity contribution < 1.29 is 4.79 Å². The summed E-state index contributed by atoms with van der Waals surface area (Å²) in [6.45, 7) is 0. The van der Waals surface area contributed by atoms with Crippen LogP contribution in [0.4, 0.5) is 0 Å². The van der Waals surface area contributed by atoms with Gasteiger partial charge in [0.2, 0.25) is 0 Å². The number of fused-ring (bicyclic) bond motifs is 4. The number of hydrogen-bond donors (Lipinski definition) is 0. The number of ketones is 1. The summed E-state index contributed by atoms with van der Waals surface area (Å²) in [7, 11) is 0. The normalized spacial score (nSPS) is 16.2. The van der Waals surface area contributed by atoms with Crippen LogP contribution < -0.4 is 10.4 Å². The van der Waals surface area contributed by atoms with Crippen LogP contribution in [0.3, 0.4) is 0 Å². The average Bonchev–Trinajstić information content (AvgIpc) is 2.76. The zero-order valence-electron chi connectivity index (χ0n) is 9.98. The van der Waals surface area contributed by atoms with E-state index in [1.165, 1.54) is 21.2 Å². The molecule has 0 spiro atoms. The molecule has 2 aliphatic carbocycles. The molecule has 0 N–H and O–H groups in total. The fraction of sp³-hybridized carbons (Fsp3) is 0. The van der Waals surface area contributed by atoms with Crippen molar-refractivity contribution in [1.29, 1.82) is 0 Å². The minimum Gasteiger partial charge on any atom is -0.290 e. The lowest BCUT2D eigenvalue weighted by atomic mass is 10.0. The molecule has 0 heterocycles. The summed E-state index contributed by atoms with van der Waals surface area (Å²) in [5.41, 5.74) is 2.17. The molecular formula is C17H9BrO. The van der Waals surface area contributed by atoms with Gasteiger partial charge in [0.1, 0.15) is 0 Å². The van der Waals surface area contributed by atoms with Gasteiger partial charge in [-0.3, -0.25) is 4.79 Å². The number of allylic oxidation sites excluding steroid dienone is 4. The number of rotatable bonds is 0. The van der Waals surface area contributed by atoms with Gasteiger partial charge in [0.15, 0.2) is 5.78 Å². The van der Waals surface area contributed by atoms with Crippen LogP contribution >= 0.6 is 15.9 Å². The fourth-order valence-corrected chi connectivity index (χ4v) is 3.13. The number of halogens is 1. The van der Waals surface area contributed by atoms with E-state index in [1.54, 1.807) is 12.2 Å². The Labute approximate surface area is 118 Å². The summed E-state index contributed by atoms with van der Waals surface area (Å²) in [6.07, 6.45) is 7.37. The van der Waals surface area contributed by atoms with Gasteiger partial charge in [-0.2, -0.15) is 0 Å². The Kier molecular flexibility index (Phi) is 2.18. The number of benzene rings is 2. The second kappa shape index (κ2) is 3.78. The average molecular weight is 309 g/mol. The minimum atomic E-state index is 0.0632. The van der Waals surface area contributed by atoms with Crippen LogP contribution in [0.15, 0.2) is 58.6 Å². The van der Waals surface area contributed by atoms with Crippen molar-refractivity contribution >= 4 is 44.1 Å². The third kappa shape index (κ3) is 1.57. The Morgan fingerprint density at radius 3 is 2.68 bits per heavy atom. The van der Waals surface area contributed by atoms with Crippen molar-refractivity contribution in [3.8, 4) is 0 Å². The Morgan fingerprint density at radius 2 is 1.79 bits per heavy atom. The van der Waals surface area contributed by atoms with E-state index in [1.807, 2.05) is 12.1 Å². The largest absolute Gasteiger partial charge is 0.290 e. The zero-order valence-corrected chi connectivity index (χ0v) is 11.6. The van der Waals surface area contributed by atoms with Gasteiger partial charge in [-0.15, -0.1) is 0 Å². The van der Waals surface area contributed by atoms with Gasteiger partial charge in [0.05, 0.1) is 0 Å². The van der Waals surface area contributed by atoms with Crippen LogP contribution in [-0.2, 0) is 4.79 Å². The highest BCUT2D eigenvalue weighted by molar-refractivity contribution is 9.10. The van der Waals surface area contributed by atoms with Crippen molar-refractivity contribution in [2.24, 2.45) is 0 Å². The minimum absolute atomic E-state index is 0.0632. The van der Waals surface area contributed by atoms with Crippen LogP contribution in [0.2, 0.25) is 0 Å². The van der Waals surface area contributed by atoms with Gasteiger partial charge >= 0.3 is 0 Å². The fourth-order valence-electron chi connectivity index (χ4n) is 2.77. The molecule has 2 aromatic carbocycles. The SMILES string of the molecule is O=C1C=CC2=c3ccc4ccc(Br)cc4c3=CC2=C1. The maximum Gasteiger partial charge on any atom is 0.179 e. The van der Waals surface area contributed by atoms with E-state index in [2.05, 4.69) is 46.3 Å². The molecule has 2 aliphatic rings. The molecule has 0 aliphatic heterocycles. The van der Waals surface area contributed by atoms with E-state index in [-0.39, 0.29) is 5.78 Å². The summed E-state index contributed by atoms with van der Waals surface area (Å²) in [4.78, 5) is 11.5. The number of carbonyl (C=O) groups excluding carboxylic acids is 1. The monoisotopic (exact) mass is 308 g/mol. The summed E-state index contributed by atoms with van der Waals surface area (Å²) >= 11 is 3.52. The maximum absolute atomic E-state index is 11.5. The third-order valence-electron chi connectivity index (χ3n) is 3.64. The van der Waals surface area contributed by atoms with E-state index < -0.39 is 0 Å². The standard InChI is InChI=1S/C17H9BrO/c18-12-3-1-10-2-5-15-14-6-4-13(19)7-11(14)8-17(15)16(10)9-12/h1-9H. The van der Waals surface area contributed by atoms with Crippen LogP contribution in [-0.4, -0.2) is 5.78 Å². The van der Waals surface area contributed by atoms with Crippen molar-refractivity contribution in [3.63, 3.8) is 0 Å². The lowest BCUT2D eigenvalue weighted by Gasteiger charge is -2.03. The summed E-state index contributed by atoms with van der Waals surface area (Å²) in [5, 5.41) is 4.85. The predicted octanol–water partition coefficient (Wildman–Crippen LogP) is 2.61. The lowest BCUT2D eigenvalue weighted by Crippen LogP contribution is -2.23. The highest BCUT2D eigenvalue weighted by Crippen LogP contribution is 2.23. The van der Waals surface area contributed by atoms with Gasteiger partial charge in [0.25, 0.3) is 0 Å². The van der Waals surface area contributed by atoms with Gasteiger partial charge in [-0.05, 0) is 68.8 Å². The molecule has 0 atom stereocenters. The Bertz CT molecular complexity index is 930. The second-order valence-electron chi connectivity index (χ2n) is 4.79. The van der Waals surface area contributed by atoms with Crippen molar-refractivity contribution in [3.05, 3.63) is 69.0 Å². The molecule has 0 saturated heterocycles. The predicted molar refractivity (Wildman–Crippen MR) is 81.0 cm³/mol. The van der Waals surface area contributed by atoms with Crippen LogP contribution in [0.25, 0.3) is 22.4 Å². The molecule has 0 amide bonds. The van der Waals surface area contributed by atoms with E-state index >= 15 is 0 Å². The lowest BCUT2D eigenvalue weighted by molar-refractivity contribution is -0.110. The molecule has 0 radical (unpaired) electrons. The van der Waals surface area contributed by atoms with Gasteiger partial charge < -0.3 is 0 Å². The molecule has 2 heteroatoms. The van der Waals surface area contributed by atoms with Crippen molar-refractivity contribution in [2.45, 2.75) is 0 Å². The smallest absolute Gasteiger partial charge is 0.179 e. The van der Waals surface area contributed by atoms with Crippen molar-refractivity contribution in [1.82, 2.24) is 0 Å². The summed E-state index contributed by atoms with van der Waals surface area (Å²) < 4.78 is 1.07. The first-order chi connectivity index (χ1) is 9.22. The molecule has 2 aromatic rings. The molecule has 4 rings (SSSR count). The maximum atomic E-state index is 11.5. The zero-order chi connectivity index (χ0) is 13.0. The second-order valence-corrected chi connectivity index (χ2v) is 5.70. The highest BCUT2D eigenvalue weighted by Gasteiger charge is 2.15. The van der Waals surface area contributed by atoms with E-state index in [4.69, 9.17) is 0 Å². The molecule has 0 aromatic heterocycles. The Hall–Kier alpha value is -1.93. The number of carbonyl (C=O) groups is 1. The van der Waals surface area contributed by atoms with Crippen molar-refractivity contribution in [2.75, 3.05) is 0 Å². The summed E-state index contributed by atoms with van der Waals surface area (Å²) in [6, 6.07) is 10.6. The molecule has 0 fully saturated rings. The molecule has 19 heavy (non-hydrogen) atoms. The van der Waals surface area contributed by atoms with Gasteiger partial charge in [-0.25, -0.2) is 0 Å². The quantitative estimate of drug-likeness (QED) is 0.731. The van der Waals surface area contributed by atoms with E-state index in [0.717, 1.165) is 15.6 Å². The number of hydrogen-bond acceptors (Lipinski definition) is 1. The van der Waals surface area contributed by atoms with Gasteiger partial charge in [-0.1, -0.05) is 34.1 Å². The van der Waals surface area contributed by atoms with Gasteiger partial charge in [0, 0.05) is 4.47 Å². The Balaban J connectivity index is 2.22. The first-order valence-corrected chi connectivity index (χ1v) is 6.90. The van der Waals surface area contributed by atoms with Crippen LogP contribution in [0.5, 0.6) is 0 Å². The molecular weight excluding hydrogens is 300 g/mol. The third-order valence-corrected chi connectivity index (χ3v) is 4.13. The summed E-state index contributed by atoms with van der Waals surface area (Å²) in [5.74, 6) is 0.0632. The van der Waals surface area contributed by atoms with E-state index in [9.17, 15) is 4.79 Å². The highest BCUT2D eigenvalue weighted by atomic mass is 79.9. The first-order valence-electron chi connectivity index (χ1n) is 6.11. The molecule has 0 bridgehead atoms. The van der Waals surface area contributed by atoms with E-state index in [0.29, 0.717) is 0 Å². The van der Waals surface area contributed by atoms with Crippen LogP contribution in [0.1, 0.15) is 0 Å².